The maximum atomic E-state index is 11.5. The number of aromatic nitrogens is 2. The number of carbonyl (C=O) groups excluding carboxylic acids is 1. The molecule has 1 heterocycles. The number of fused-ring (bicyclic) bond motifs is 1. The molecular formula is C9H7ClN4O4S. The highest BCUT2D eigenvalue weighted by atomic mass is 35.5. The fraction of sp³-hybridized carbons (Fsp3) is 0.111. The molecule has 0 unspecified atom stereocenters. The highest BCUT2D eigenvalue weighted by Crippen LogP contribution is 2.29. The van der Waals surface area contributed by atoms with Crippen LogP contribution in [0.3, 0.4) is 0 Å². The first kappa shape index (κ1) is 13.5. The average Bonchev–Trinajstić information content (AvgIpc) is 2.81. The number of carbonyl (C=O) groups is 2. The Morgan fingerprint density at radius 2 is 2.21 bits per heavy atom. The van der Waals surface area contributed by atoms with E-state index in [1.807, 2.05) is 5.48 Å². The van der Waals surface area contributed by atoms with Crippen LogP contribution in [0.1, 0.15) is 0 Å². The quantitative estimate of drug-likeness (QED) is 0.737. The molecule has 10 heteroatoms. The van der Waals surface area contributed by atoms with E-state index in [9.17, 15) is 9.59 Å². The van der Waals surface area contributed by atoms with E-state index >= 15 is 0 Å². The molecule has 1 aromatic carbocycles. The van der Waals surface area contributed by atoms with Crippen LogP contribution < -0.4 is 10.8 Å². The minimum absolute atomic E-state index is 0.282. The molecule has 0 aliphatic rings. The van der Waals surface area contributed by atoms with Gasteiger partial charge in [0, 0.05) is 0 Å². The van der Waals surface area contributed by atoms with Crippen molar-refractivity contribution in [2.45, 2.75) is 0 Å². The van der Waals surface area contributed by atoms with Crippen molar-refractivity contribution in [3.05, 3.63) is 17.2 Å². The number of hydroxylamine groups is 1. The third-order valence-corrected chi connectivity index (χ3v) is 2.83. The van der Waals surface area contributed by atoms with Crippen LogP contribution in [-0.4, -0.2) is 32.5 Å². The lowest BCUT2D eigenvalue weighted by Crippen LogP contribution is -2.31. The van der Waals surface area contributed by atoms with Gasteiger partial charge in [0.25, 0.3) is 0 Å². The third kappa shape index (κ3) is 3.28. The molecule has 19 heavy (non-hydrogen) atoms. The summed E-state index contributed by atoms with van der Waals surface area (Å²) in [6.07, 6.45) is 0. The van der Waals surface area contributed by atoms with Gasteiger partial charge in [-0.2, -0.15) is 8.75 Å². The van der Waals surface area contributed by atoms with Gasteiger partial charge in [-0.05, 0) is 12.1 Å². The Balaban J connectivity index is 2.08. The number of carboxylic acids is 1. The van der Waals surface area contributed by atoms with Gasteiger partial charge in [-0.3, -0.25) is 4.84 Å². The molecular weight excluding hydrogens is 296 g/mol. The van der Waals surface area contributed by atoms with Gasteiger partial charge in [0.15, 0.2) is 6.61 Å². The molecule has 8 nitrogen and oxygen atoms in total. The molecule has 0 aliphatic carbocycles. The number of hydrogen-bond donors (Lipinski definition) is 3. The molecule has 1 aromatic heterocycles. The van der Waals surface area contributed by atoms with Gasteiger partial charge < -0.3 is 10.4 Å². The van der Waals surface area contributed by atoms with E-state index < -0.39 is 18.6 Å². The number of urea groups is 1. The van der Waals surface area contributed by atoms with E-state index in [2.05, 4.69) is 18.9 Å². The van der Waals surface area contributed by atoms with E-state index in [1.54, 1.807) is 12.1 Å². The molecule has 3 N–H and O–H groups in total. The van der Waals surface area contributed by atoms with Crippen LogP contribution >= 0.6 is 23.3 Å². The number of hydrogen-bond acceptors (Lipinski definition) is 6. The Morgan fingerprint density at radius 3 is 2.95 bits per heavy atom. The van der Waals surface area contributed by atoms with Crippen LogP contribution in [0.4, 0.5) is 10.5 Å². The molecule has 0 aliphatic heterocycles. The number of amides is 2. The Hall–Kier alpha value is -1.97. The van der Waals surface area contributed by atoms with Crippen LogP contribution in [0, 0.1) is 0 Å². The second kappa shape index (κ2) is 5.78. The van der Waals surface area contributed by atoms with Crippen molar-refractivity contribution in [1.29, 1.82) is 0 Å². The predicted octanol–water partition coefficient (Wildman–Crippen LogP) is 1.48. The molecule has 0 fully saturated rings. The first-order chi connectivity index (χ1) is 9.08. The van der Waals surface area contributed by atoms with Gasteiger partial charge >= 0.3 is 12.0 Å². The average molecular weight is 303 g/mol. The van der Waals surface area contributed by atoms with Crippen LogP contribution in [0.2, 0.25) is 5.02 Å². The standard InChI is InChI=1S/C9H7ClN4O4S/c10-4-1-2-5-8(14-19-13-5)7(4)11-9(17)12-18-3-6(15)16/h1-2H,3H2,(H,15,16)(H2,11,12,17). The summed E-state index contributed by atoms with van der Waals surface area (Å²) >= 11 is 6.93. The number of benzene rings is 1. The van der Waals surface area contributed by atoms with Crippen molar-refractivity contribution in [2.75, 3.05) is 11.9 Å². The van der Waals surface area contributed by atoms with Gasteiger partial charge in [0.2, 0.25) is 0 Å². The summed E-state index contributed by atoms with van der Waals surface area (Å²) in [5.41, 5.74) is 3.24. The minimum atomic E-state index is -1.20. The highest BCUT2D eigenvalue weighted by Gasteiger charge is 2.13. The molecule has 0 radical (unpaired) electrons. The second-order valence-electron chi connectivity index (χ2n) is 3.29. The summed E-state index contributed by atoms with van der Waals surface area (Å²) in [5, 5.41) is 11.0. The lowest BCUT2D eigenvalue weighted by atomic mass is 10.2. The Labute approximate surface area is 115 Å². The number of rotatable bonds is 4. The third-order valence-electron chi connectivity index (χ3n) is 1.98. The SMILES string of the molecule is O=C(O)CONC(=O)Nc1c(Cl)ccc2nsnc12. The molecule has 0 spiro atoms. The fourth-order valence-electron chi connectivity index (χ4n) is 1.25. The molecule has 0 atom stereocenters. The zero-order chi connectivity index (χ0) is 13.8. The van der Waals surface area contributed by atoms with Crippen molar-refractivity contribution in [3.63, 3.8) is 0 Å². The number of carboxylic acid groups (broad SMARTS) is 1. The molecule has 2 amide bonds. The molecule has 2 rings (SSSR count). The second-order valence-corrected chi connectivity index (χ2v) is 4.23. The van der Waals surface area contributed by atoms with Gasteiger partial charge in [0.1, 0.15) is 11.0 Å². The van der Waals surface area contributed by atoms with Crippen molar-refractivity contribution < 1.29 is 19.5 Å². The van der Waals surface area contributed by atoms with Crippen molar-refractivity contribution >= 4 is 52.1 Å². The summed E-state index contributed by atoms with van der Waals surface area (Å²) in [4.78, 5) is 26.1. The molecule has 0 saturated heterocycles. The highest BCUT2D eigenvalue weighted by molar-refractivity contribution is 7.00. The predicted molar refractivity (Wildman–Crippen MR) is 68.2 cm³/mol. The summed E-state index contributed by atoms with van der Waals surface area (Å²) in [5.74, 6) is -1.20. The number of nitrogens with zero attached hydrogens (tertiary/aromatic N) is 2. The number of aliphatic carboxylic acids is 1. The minimum Gasteiger partial charge on any atom is -0.479 e. The zero-order valence-corrected chi connectivity index (χ0v) is 10.8. The fourth-order valence-corrected chi connectivity index (χ4v) is 1.99. The summed E-state index contributed by atoms with van der Waals surface area (Å²) in [7, 11) is 0. The van der Waals surface area contributed by atoms with E-state index in [0.29, 0.717) is 11.0 Å². The molecule has 0 bridgehead atoms. The number of nitrogens with one attached hydrogen (secondary N) is 2. The lowest BCUT2D eigenvalue weighted by molar-refractivity contribution is -0.143. The summed E-state index contributed by atoms with van der Waals surface area (Å²) in [6.45, 7) is -0.649. The van der Waals surface area contributed by atoms with E-state index in [-0.39, 0.29) is 10.7 Å². The zero-order valence-electron chi connectivity index (χ0n) is 9.21. The maximum absolute atomic E-state index is 11.5. The van der Waals surface area contributed by atoms with Gasteiger partial charge in [-0.15, -0.1) is 0 Å². The van der Waals surface area contributed by atoms with E-state index in [4.69, 9.17) is 16.7 Å². The van der Waals surface area contributed by atoms with Gasteiger partial charge in [0.05, 0.1) is 22.4 Å². The lowest BCUT2D eigenvalue weighted by Gasteiger charge is -2.08. The van der Waals surface area contributed by atoms with E-state index in [0.717, 1.165) is 11.7 Å². The Kier molecular flexibility index (Phi) is 4.10. The van der Waals surface area contributed by atoms with Crippen LogP contribution in [0.25, 0.3) is 11.0 Å². The van der Waals surface area contributed by atoms with Crippen molar-refractivity contribution in [2.24, 2.45) is 0 Å². The van der Waals surface area contributed by atoms with Crippen LogP contribution in [0.15, 0.2) is 12.1 Å². The maximum Gasteiger partial charge on any atom is 0.343 e. The molecule has 0 saturated carbocycles. The van der Waals surface area contributed by atoms with Crippen LogP contribution in [-0.2, 0) is 9.63 Å². The number of halogens is 1. The molecule has 2 aromatic rings. The number of anilines is 1. The Bertz CT molecular complexity index is 632. The Morgan fingerprint density at radius 1 is 1.42 bits per heavy atom. The smallest absolute Gasteiger partial charge is 0.343 e. The normalized spacial score (nSPS) is 10.4. The van der Waals surface area contributed by atoms with Crippen LogP contribution in [0.5, 0.6) is 0 Å². The topological polar surface area (TPSA) is 113 Å². The first-order valence-corrected chi connectivity index (χ1v) is 6.00. The first-order valence-electron chi connectivity index (χ1n) is 4.89. The van der Waals surface area contributed by atoms with Gasteiger partial charge in [-0.25, -0.2) is 15.1 Å². The van der Waals surface area contributed by atoms with Crippen molar-refractivity contribution in [3.8, 4) is 0 Å². The monoisotopic (exact) mass is 302 g/mol. The summed E-state index contributed by atoms with van der Waals surface area (Å²) < 4.78 is 8.01. The molecule has 100 valence electrons. The summed E-state index contributed by atoms with van der Waals surface area (Å²) in [6, 6.07) is 2.48. The van der Waals surface area contributed by atoms with Gasteiger partial charge in [-0.1, -0.05) is 11.6 Å². The van der Waals surface area contributed by atoms with Crippen molar-refractivity contribution in [1.82, 2.24) is 14.2 Å². The largest absolute Gasteiger partial charge is 0.479 e. The van der Waals surface area contributed by atoms with E-state index in [1.165, 1.54) is 0 Å².